The zero-order valence-corrected chi connectivity index (χ0v) is 8.28. The lowest BCUT2D eigenvalue weighted by atomic mass is 10.5. The largest absolute Gasteiger partial charge is 0.426 e. The quantitative estimate of drug-likeness (QED) is 0.382. The summed E-state index contributed by atoms with van der Waals surface area (Å²) in [7, 11) is -0.259. The summed E-state index contributed by atoms with van der Waals surface area (Å²) in [5, 5.41) is 0. The Hall–Kier alpha value is 0.684. The standard InChI is InChI=1S/C4H11ClOSi2/c1-8(5)4-2-3-6-7-8/h2-4,7H2,1H3. The van der Waals surface area contributed by atoms with E-state index in [1.54, 1.807) is 0 Å². The summed E-state index contributed by atoms with van der Waals surface area (Å²) >= 11 is 6.15. The first-order valence-corrected chi connectivity index (χ1v) is 9.60. The Balaban J connectivity index is 2.33. The second-order valence-corrected chi connectivity index (χ2v) is 16.2. The minimum Gasteiger partial charge on any atom is -0.426 e. The fourth-order valence-electron chi connectivity index (χ4n) is 0.900. The predicted molar refractivity (Wildman–Crippen MR) is 41.4 cm³/mol. The predicted octanol–water partition coefficient (Wildman–Crippen LogP) is 0.801. The maximum atomic E-state index is 6.15. The van der Waals surface area contributed by atoms with E-state index >= 15 is 0 Å². The van der Waals surface area contributed by atoms with E-state index in [-0.39, 0.29) is 9.28 Å². The molecule has 0 bridgehead atoms. The van der Waals surface area contributed by atoms with Gasteiger partial charge < -0.3 is 4.43 Å². The molecule has 1 fully saturated rings. The van der Waals surface area contributed by atoms with Crippen LogP contribution in [0.1, 0.15) is 6.42 Å². The van der Waals surface area contributed by atoms with Gasteiger partial charge in [-0.25, -0.2) is 0 Å². The van der Waals surface area contributed by atoms with Gasteiger partial charge in [-0.1, -0.05) is 6.55 Å². The summed E-state index contributed by atoms with van der Waals surface area (Å²) in [6.45, 7) is 2.01. The highest BCUT2D eigenvalue weighted by Crippen LogP contribution is 2.19. The Morgan fingerprint density at radius 2 is 2.50 bits per heavy atom. The van der Waals surface area contributed by atoms with Crippen LogP contribution in [-0.4, -0.2) is 22.8 Å². The van der Waals surface area contributed by atoms with Crippen molar-refractivity contribution in [1.82, 2.24) is 0 Å². The lowest BCUT2D eigenvalue weighted by Crippen LogP contribution is -2.37. The zero-order valence-electron chi connectivity index (χ0n) is 5.11. The molecule has 1 atom stereocenters. The Kier molecular flexibility index (Phi) is 2.14. The Labute approximate surface area is 57.8 Å². The average Bonchev–Trinajstić information content (AvgIpc) is 1.65. The first-order valence-electron chi connectivity index (χ1n) is 2.97. The molecule has 0 aromatic rings. The first-order chi connectivity index (χ1) is 3.71. The van der Waals surface area contributed by atoms with Gasteiger partial charge in [-0.15, -0.1) is 0 Å². The van der Waals surface area contributed by atoms with E-state index in [0.717, 1.165) is 6.61 Å². The van der Waals surface area contributed by atoms with Crippen molar-refractivity contribution in [2.45, 2.75) is 19.0 Å². The van der Waals surface area contributed by atoms with Crippen LogP contribution < -0.4 is 0 Å². The molecule has 48 valence electrons. The van der Waals surface area contributed by atoms with E-state index in [2.05, 4.69) is 6.55 Å². The summed E-state index contributed by atoms with van der Waals surface area (Å²) in [5.74, 6) is 0. The molecule has 0 N–H and O–H groups in total. The summed E-state index contributed by atoms with van der Waals surface area (Å²) in [6.07, 6.45) is 1.21. The third-order valence-corrected chi connectivity index (χ3v) is 8.91. The van der Waals surface area contributed by atoms with Crippen LogP contribution in [0.15, 0.2) is 0 Å². The fourth-order valence-corrected chi connectivity index (χ4v) is 6.69. The smallest absolute Gasteiger partial charge is 0.168 e. The molecule has 1 nitrogen and oxygen atoms in total. The van der Waals surface area contributed by atoms with Crippen molar-refractivity contribution in [3.05, 3.63) is 0 Å². The lowest BCUT2D eigenvalue weighted by molar-refractivity contribution is 0.335. The number of rotatable bonds is 0. The van der Waals surface area contributed by atoms with Gasteiger partial charge >= 0.3 is 0 Å². The van der Waals surface area contributed by atoms with Gasteiger partial charge in [0.15, 0.2) is 16.2 Å². The lowest BCUT2D eigenvalue weighted by Gasteiger charge is -2.23. The SMILES string of the molecule is C[Si]1(Cl)CCCO[SiH2]1. The van der Waals surface area contributed by atoms with Crippen LogP contribution in [0.4, 0.5) is 0 Å². The van der Waals surface area contributed by atoms with Crippen LogP contribution in [0, 0.1) is 0 Å². The molecule has 0 amide bonds. The van der Waals surface area contributed by atoms with Gasteiger partial charge in [0.1, 0.15) is 0 Å². The molecule has 4 heteroatoms. The van der Waals surface area contributed by atoms with Crippen molar-refractivity contribution >= 4 is 27.3 Å². The van der Waals surface area contributed by atoms with E-state index in [1.165, 1.54) is 12.5 Å². The average molecular weight is 167 g/mol. The van der Waals surface area contributed by atoms with Crippen LogP contribution in [0.2, 0.25) is 12.6 Å². The van der Waals surface area contributed by atoms with Crippen LogP contribution in [0.5, 0.6) is 0 Å². The second-order valence-electron chi connectivity index (χ2n) is 2.57. The summed E-state index contributed by atoms with van der Waals surface area (Å²) < 4.78 is 5.35. The van der Waals surface area contributed by atoms with Gasteiger partial charge in [-0.3, -0.25) is 0 Å². The highest BCUT2D eigenvalue weighted by Gasteiger charge is 2.28. The van der Waals surface area contributed by atoms with Crippen LogP contribution in [0.3, 0.4) is 0 Å². The van der Waals surface area contributed by atoms with Crippen LogP contribution in [-0.2, 0) is 4.43 Å². The Morgan fingerprint density at radius 3 is 2.75 bits per heavy atom. The highest BCUT2D eigenvalue weighted by atomic mass is 35.6. The van der Waals surface area contributed by atoms with E-state index in [1.807, 2.05) is 0 Å². The van der Waals surface area contributed by atoms with E-state index in [9.17, 15) is 0 Å². The van der Waals surface area contributed by atoms with Crippen molar-refractivity contribution in [2.24, 2.45) is 0 Å². The molecular formula is C4H11ClOSi2. The molecular weight excluding hydrogens is 156 g/mol. The van der Waals surface area contributed by atoms with E-state index < -0.39 is 6.90 Å². The van der Waals surface area contributed by atoms with Gasteiger partial charge in [0.2, 0.25) is 0 Å². The molecule has 1 aliphatic heterocycles. The van der Waals surface area contributed by atoms with Crippen LogP contribution in [0.25, 0.3) is 0 Å². The number of hydrogen-bond acceptors (Lipinski definition) is 1. The number of hydrogen-bond donors (Lipinski definition) is 0. The highest BCUT2D eigenvalue weighted by molar-refractivity contribution is 7.46. The summed E-state index contributed by atoms with van der Waals surface area (Å²) in [4.78, 5) is 0. The third kappa shape index (κ3) is 1.89. The van der Waals surface area contributed by atoms with Crippen molar-refractivity contribution in [3.63, 3.8) is 0 Å². The van der Waals surface area contributed by atoms with Gasteiger partial charge in [-0.2, -0.15) is 11.1 Å². The summed E-state index contributed by atoms with van der Waals surface area (Å²) in [5.41, 5.74) is 0. The molecule has 0 aromatic heterocycles. The van der Waals surface area contributed by atoms with Gasteiger partial charge in [0.05, 0.1) is 0 Å². The molecule has 0 radical (unpaired) electrons. The fraction of sp³-hybridized carbons (Fsp3) is 1.00. The Bertz CT molecular complexity index is 78.1. The minimum atomic E-state index is -1.20. The molecule has 1 saturated heterocycles. The molecule has 1 rings (SSSR count). The molecule has 1 aliphatic rings. The second kappa shape index (κ2) is 2.51. The van der Waals surface area contributed by atoms with E-state index in [0.29, 0.717) is 0 Å². The van der Waals surface area contributed by atoms with Crippen LogP contribution >= 0.6 is 11.1 Å². The van der Waals surface area contributed by atoms with Gasteiger partial charge in [-0.05, 0) is 12.5 Å². The van der Waals surface area contributed by atoms with Crippen molar-refractivity contribution in [3.8, 4) is 0 Å². The topological polar surface area (TPSA) is 9.23 Å². The Morgan fingerprint density at radius 1 is 1.75 bits per heavy atom. The maximum Gasteiger partial charge on any atom is 0.168 e. The van der Waals surface area contributed by atoms with Gasteiger partial charge in [0.25, 0.3) is 0 Å². The van der Waals surface area contributed by atoms with Crippen molar-refractivity contribution < 1.29 is 4.43 Å². The maximum absolute atomic E-state index is 6.15. The van der Waals surface area contributed by atoms with Crippen molar-refractivity contribution in [1.29, 1.82) is 0 Å². The zero-order chi connectivity index (χ0) is 6.04. The van der Waals surface area contributed by atoms with E-state index in [4.69, 9.17) is 15.5 Å². The molecule has 8 heavy (non-hydrogen) atoms. The minimum absolute atomic E-state index is 0.259. The molecule has 1 unspecified atom stereocenters. The third-order valence-electron chi connectivity index (χ3n) is 1.39. The first kappa shape index (κ1) is 6.80. The molecule has 0 aliphatic carbocycles. The molecule has 0 spiro atoms. The van der Waals surface area contributed by atoms with Crippen molar-refractivity contribution in [2.75, 3.05) is 6.61 Å². The normalized spacial score (nSPS) is 42.8. The molecule has 0 aromatic carbocycles. The summed E-state index contributed by atoms with van der Waals surface area (Å²) in [6, 6.07) is 1.29. The monoisotopic (exact) mass is 166 g/mol. The number of halogens is 1. The molecule has 1 heterocycles. The molecule has 0 saturated carbocycles. The van der Waals surface area contributed by atoms with Gasteiger partial charge in [0, 0.05) is 6.61 Å².